The lowest BCUT2D eigenvalue weighted by Crippen LogP contribution is -2.45. The molecule has 3 atom stereocenters. The second-order valence-corrected chi connectivity index (χ2v) is 8.71. The average molecular weight is 421 g/mol. The average Bonchev–Trinajstić information content (AvgIpc) is 3.30. The minimum atomic E-state index is -0.656. The van der Waals surface area contributed by atoms with E-state index in [1.807, 2.05) is 18.2 Å². The SMILES string of the molecule is CC1CN(c2ccc(NC(=O)C3CC(c4ccc(Cl)s4)=NO3)cn2)CC(C)O1. The van der Waals surface area contributed by atoms with Gasteiger partial charge in [0.1, 0.15) is 11.5 Å². The zero-order valence-electron chi connectivity index (χ0n) is 15.6. The first kappa shape index (κ1) is 19.2. The molecule has 4 heterocycles. The van der Waals surface area contributed by atoms with Crippen LogP contribution in [0.25, 0.3) is 0 Å². The molecule has 1 N–H and O–H groups in total. The molecule has 0 bridgehead atoms. The Kier molecular flexibility index (Phi) is 5.52. The number of aromatic nitrogens is 1. The number of nitrogens with one attached hydrogen (secondary N) is 1. The summed E-state index contributed by atoms with van der Waals surface area (Å²) in [6.07, 6.45) is 1.75. The van der Waals surface area contributed by atoms with Crippen molar-refractivity contribution >= 4 is 46.1 Å². The lowest BCUT2D eigenvalue weighted by molar-refractivity contribution is -0.125. The molecule has 3 unspecified atom stereocenters. The molecule has 0 saturated carbocycles. The Morgan fingerprint density at radius 3 is 2.68 bits per heavy atom. The van der Waals surface area contributed by atoms with Crippen LogP contribution in [0.2, 0.25) is 4.34 Å². The van der Waals surface area contributed by atoms with Crippen molar-refractivity contribution in [2.45, 2.75) is 38.6 Å². The van der Waals surface area contributed by atoms with Gasteiger partial charge in [0.25, 0.3) is 5.91 Å². The number of nitrogens with zero attached hydrogens (tertiary/aromatic N) is 3. The van der Waals surface area contributed by atoms with E-state index in [-0.39, 0.29) is 18.1 Å². The maximum atomic E-state index is 12.5. The quantitative estimate of drug-likeness (QED) is 0.818. The van der Waals surface area contributed by atoms with Crippen LogP contribution in [0.5, 0.6) is 0 Å². The molecule has 0 aliphatic carbocycles. The molecule has 148 valence electrons. The number of morpholine rings is 1. The highest BCUT2D eigenvalue weighted by atomic mass is 35.5. The van der Waals surface area contributed by atoms with Crippen molar-refractivity contribution in [1.82, 2.24) is 4.98 Å². The van der Waals surface area contributed by atoms with E-state index in [2.05, 4.69) is 34.2 Å². The van der Waals surface area contributed by atoms with Crippen molar-refractivity contribution < 1.29 is 14.4 Å². The minimum Gasteiger partial charge on any atom is -0.382 e. The molecule has 7 nitrogen and oxygen atoms in total. The Hall–Kier alpha value is -2.16. The first-order valence-corrected chi connectivity index (χ1v) is 10.3. The van der Waals surface area contributed by atoms with Gasteiger partial charge in [-0.25, -0.2) is 4.98 Å². The maximum absolute atomic E-state index is 12.5. The van der Waals surface area contributed by atoms with Crippen LogP contribution in [0.3, 0.4) is 0 Å². The number of carbonyl (C=O) groups is 1. The summed E-state index contributed by atoms with van der Waals surface area (Å²) in [4.78, 5) is 25.4. The third kappa shape index (κ3) is 4.29. The molecule has 1 amide bonds. The first-order valence-electron chi connectivity index (χ1n) is 9.13. The van der Waals surface area contributed by atoms with Crippen LogP contribution in [-0.4, -0.2) is 48.0 Å². The molecule has 1 saturated heterocycles. The number of thiophene rings is 1. The Morgan fingerprint density at radius 1 is 1.25 bits per heavy atom. The van der Waals surface area contributed by atoms with Gasteiger partial charge in [-0.3, -0.25) is 4.79 Å². The topological polar surface area (TPSA) is 76.1 Å². The number of amides is 1. The molecular formula is C19H21ClN4O3S. The second-order valence-electron chi connectivity index (χ2n) is 7.00. The molecule has 1 fully saturated rings. The van der Waals surface area contributed by atoms with Gasteiger partial charge in [-0.15, -0.1) is 11.3 Å². The van der Waals surface area contributed by atoms with Crippen LogP contribution in [0.4, 0.5) is 11.5 Å². The molecule has 9 heteroatoms. The van der Waals surface area contributed by atoms with Crippen LogP contribution >= 0.6 is 22.9 Å². The predicted molar refractivity (Wildman–Crippen MR) is 110 cm³/mol. The van der Waals surface area contributed by atoms with Gasteiger partial charge in [0.15, 0.2) is 0 Å². The Labute approximate surface area is 172 Å². The largest absolute Gasteiger partial charge is 0.382 e. The van der Waals surface area contributed by atoms with E-state index >= 15 is 0 Å². The number of ether oxygens (including phenoxy) is 1. The van der Waals surface area contributed by atoms with E-state index < -0.39 is 6.10 Å². The van der Waals surface area contributed by atoms with Crippen LogP contribution < -0.4 is 10.2 Å². The highest BCUT2D eigenvalue weighted by Crippen LogP contribution is 2.27. The van der Waals surface area contributed by atoms with Crippen molar-refractivity contribution in [3.05, 3.63) is 39.7 Å². The number of anilines is 2. The van der Waals surface area contributed by atoms with Crippen molar-refractivity contribution in [3.8, 4) is 0 Å². The highest BCUT2D eigenvalue weighted by Gasteiger charge is 2.30. The highest BCUT2D eigenvalue weighted by molar-refractivity contribution is 7.18. The van der Waals surface area contributed by atoms with Crippen molar-refractivity contribution in [1.29, 1.82) is 0 Å². The number of hydrogen-bond donors (Lipinski definition) is 1. The predicted octanol–water partition coefficient (Wildman–Crippen LogP) is 3.54. The molecule has 0 spiro atoms. The molecule has 4 rings (SSSR count). The van der Waals surface area contributed by atoms with E-state index in [9.17, 15) is 4.79 Å². The number of hydrogen-bond acceptors (Lipinski definition) is 7. The van der Waals surface area contributed by atoms with Gasteiger partial charge in [0.2, 0.25) is 6.10 Å². The molecular weight excluding hydrogens is 400 g/mol. The van der Waals surface area contributed by atoms with E-state index in [1.54, 1.807) is 12.3 Å². The summed E-state index contributed by atoms with van der Waals surface area (Å²) in [6.45, 7) is 5.70. The van der Waals surface area contributed by atoms with Crippen LogP contribution in [0.15, 0.2) is 35.6 Å². The van der Waals surface area contributed by atoms with Crippen LogP contribution in [-0.2, 0) is 14.4 Å². The third-order valence-corrected chi connectivity index (χ3v) is 5.86. The first-order chi connectivity index (χ1) is 13.5. The summed E-state index contributed by atoms with van der Waals surface area (Å²) < 4.78 is 6.44. The minimum absolute atomic E-state index is 0.164. The number of pyridine rings is 1. The van der Waals surface area contributed by atoms with Crippen LogP contribution in [0.1, 0.15) is 25.1 Å². The summed E-state index contributed by atoms with van der Waals surface area (Å²) in [5, 5.41) is 6.87. The number of carbonyl (C=O) groups excluding carboxylic acids is 1. The normalized spacial score (nSPS) is 24.6. The number of oxime groups is 1. The molecule has 2 aliphatic rings. The lowest BCUT2D eigenvalue weighted by atomic mass is 10.1. The van der Waals surface area contributed by atoms with Gasteiger partial charge in [0, 0.05) is 19.5 Å². The summed E-state index contributed by atoms with van der Waals surface area (Å²) in [7, 11) is 0. The maximum Gasteiger partial charge on any atom is 0.268 e. The van der Waals surface area contributed by atoms with Crippen molar-refractivity contribution in [2.24, 2.45) is 5.16 Å². The van der Waals surface area contributed by atoms with Crippen molar-refractivity contribution in [2.75, 3.05) is 23.3 Å². The monoisotopic (exact) mass is 420 g/mol. The summed E-state index contributed by atoms with van der Waals surface area (Å²) in [5.41, 5.74) is 1.36. The van der Waals surface area contributed by atoms with Crippen LogP contribution in [0, 0.1) is 0 Å². The fourth-order valence-corrected chi connectivity index (χ4v) is 4.40. The summed E-state index contributed by atoms with van der Waals surface area (Å²) in [6, 6.07) is 7.44. The Bertz CT molecular complexity index is 876. The van der Waals surface area contributed by atoms with E-state index in [0.29, 0.717) is 16.4 Å². The molecule has 28 heavy (non-hydrogen) atoms. The zero-order chi connectivity index (χ0) is 19.7. The molecule has 2 aromatic heterocycles. The molecule has 0 radical (unpaired) electrons. The van der Waals surface area contributed by atoms with Gasteiger partial charge >= 0.3 is 0 Å². The van der Waals surface area contributed by atoms with Gasteiger partial charge in [-0.2, -0.15) is 0 Å². The fraction of sp³-hybridized carbons (Fsp3) is 0.421. The van der Waals surface area contributed by atoms with Gasteiger partial charge in [-0.05, 0) is 38.1 Å². The van der Waals surface area contributed by atoms with Crippen molar-refractivity contribution in [3.63, 3.8) is 0 Å². The van der Waals surface area contributed by atoms with Gasteiger partial charge in [0.05, 0.1) is 33.3 Å². The molecule has 2 aliphatic heterocycles. The smallest absolute Gasteiger partial charge is 0.268 e. The summed E-state index contributed by atoms with van der Waals surface area (Å²) in [5.74, 6) is 0.627. The Balaban J connectivity index is 1.34. The van der Waals surface area contributed by atoms with E-state index in [1.165, 1.54) is 11.3 Å². The number of rotatable bonds is 4. The van der Waals surface area contributed by atoms with Gasteiger partial charge in [-0.1, -0.05) is 16.8 Å². The number of halogens is 1. The summed E-state index contributed by atoms with van der Waals surface area (Å²) >= 11 is 7.37. The Morgan fingerprint density at radius 2 is 2.04 bits per heavy atom. The van der Waals surface area contributed by atoms with E-state index in [0.717, 1.165) is 29.5 Å². The second kappa shape index (κ2) is 8.06. The molecule has 0 aromatic carbocycles. The lowest BCUT2D eigenvalue weighted by Gasteiger charge is -2.36. The fourth-order valence-electron chi connectivity index (χ4n) is 3.37. The van der Waals surface area contributed by atoms with Gasteiger partial charge < -0.3 is 19.8 Å². The third-order valence-electron chi connectivity index (χ3n) is 4.58. The molecule has 2 aromatic rings. The zero-order valence-corrected chi connectivity index (χ0v) is 17.2. The van der Waals surface area contributed by atoms with E-state index in [4.69, 9.17) is 21.2 Å². The standard InChI is InChI=1S/C19H21ClN4O3S/c1-11-9-24(10-12(2)26-11)18-6-3-13(8-21-18)22-19(25)15-7-14(23-27-15)16-4-5-17(20)28-16/h3-6,8,11-12,15H,7,9-10H2,1-2H3,(H,22,25).